The van der Waals surface area contributed by atoms with E-state index in [1.807, 2.05) is 24.1 Å². The van der Waals surface area contributed by atoms with Gasteiger partial charge < -0.3 is 14.4 Å². The van der Waals surface area contributed by atoms with Gasteiger partial charge in [-0.25, -0.2) is 4.98 Å². The Morgan fingerprint density at radius 2 is 2.25 bits per heavy atom. The van der Waals surface area contributed by atoms with Crippen LogP contribution in [0, 0.1) is 0 Å². The number of hydrogen-bond acceptors (Lipinski definition) is 4. The Morgan fingerprint density at radius 3 is 2.88 bits per heavy atom. The number of nitrogens with zero attached hydrogens (tertiary/aromatic N) is 2. The van der Waals surface area contributed by atoms with Crippen molar-refractivity contribution >= 4 is 17.3 Å². The number of hydrogen-bond donors (Lipinski definition) is 0. The molecular formula is C11H17ClN2O2. The highest BCUT2D eigenvalue weighted by molar-refractivity contribution is 6.21. The summed E-state index contributed by atoms with van der Waals surface area (Å²) >= 11 is 6.09. The number of pyridine rings is 1. The van der Waals surface area contributed by atoms with Gasteiger partial charge >= 0.3 is 0 Å². The second-order valence-electron chi connectivity index (χ2n) is 3.49. The third kappa shape index (κ3) is 3.87. The van der Waals surface area contributed by atoms with Crippen molar-refractivity contribution < 1.29 is 9.47 Å². The molecular weight excluding hydrogens is 228 g/mol. The van der Waals surface area contributed by atoms with E-state index >= 15 is 0 Å². The summed E-state index contributed by atoms with van der Waals surface area (Å²) in [5.74, 6) is 0.599. The first-order valence-corrected chi connectivity index (χ1v) is 5.45. The van der Waals surface area contributed by atoms with Crippen molar-refractivity contribution in [1.82, 2.24) is 4.98 Å². The molecule has 5 heteroatoms. The predicted molar refractivity (Wildman–Crippen MR) is 65.6 cm³/mol. The standard InChI is InChI=1S/C11H17ClN2O2/c1-14(7-9(12)8-15-2)10-4-5-13-11(6-10)16-3/h4-6,9H,7-8H2,1-3H3. The van der Waals surface area contributed by atoms with Crippen LogP contribution >= 0.6 is 11.6 Å². The summed E-state index contributed by atoms with van der Waals surface area (Å²) in [4.78, 5) is 6.09. The predicted octanol–water partition coefficient (Wildman–Crippen LogP) is 1.78. The molecule has 4 nitrogen and oxygen atoms in total. The fraction of sp³-hybridized carbons (Fsp3) is 0.545. The quantitative estimate of drug-likeness (QED) is 0.715. The van der Waals surface area contributed by atoms with Gasteiger partial charge in [0.1, 0.15) is 0 Å². The highest BCUT2D eigenvalue weighted by atomic mass is 35.5. The number of ether oxygens (including phenoxy) is 2. The molecule has 0 radical (unpaired) electrons. The van der Waals surface area contributed by atoms with Crippen LogP contribution < -0.4 is 9.64 Å². The number of methoxy groups -OCH3 is 2. The third-order valence-electron chi connectivity index (χ3n) is 2.19. The van der Waals surface area contributed by atoms with E-state index in [-0.39, 0.29) is 5.38 Å². The summed E-state index contributed by atoms with van der Waals surface area (Å²) < 4.78 is 10.1. The SMILES string of the molecule is COCC(Cl)CN(C)c1ccnc(OC)c1. The lowest BCUT2D eigenvalue weighted by Crippen LogP contribution is -2.28. The zero-order valence-corrected chi connectivity index (χ0v) is 10.6. The van der Waals surface area contributed by atoms with Crippen LogP contribution in [-0.4, -0.2) is 44.8 Å². The molecule has 0 aromatic carbocycles. The highest BCUT2D eigenvalue weighted by Crippen LogP contribution is 2.18. The second-order valence-corrected chi connectivity index (χ2v) is 4.11. The zero-order valence-electron chi connectivity index (χ0n) is 9.81. The molecule has 0 aliphatic rings. The molecule has 0 saturated carbocycles. The van der Waals surface area contributed by atoms with Gasteiger partial charge in [0.05, 0.1) is 19.1 Å². The third-order valence-corrected chi connectivity index (χ3v) is 2.45. The Morgan fingerprint density at radius 1 is 1.50 bits per heavy atom. The average molecular weight is 245 g/mol. The lowest BCUT2D eigenvalue weighted by Gasteiger charge is -2.22. The summed E-state index contributed by atoms with van der Waals surface area (Å²) in [6.07, 6.45) is 1.71. The van der Waals surface area contributed by atoms with E-state index < -0.39 is 0 Å². The van der Waals surface area contributed by atoms with Crippen molar-refractivity contribution in [3.8, 4) is 5.88 Å². The molecule has 0 aliphatic carbocycles. The molecule has 0 fully saturated rings. The minimum atomic E-state index is -0.0332. The highest BCUT2D eigenvalue weighted by Gasteiger charge is 2.09. The first-order chi connectivity index (χ1) is 7.67. The van der Waals surface area contributed by atoms with Crippen molar-refractivity contribution in [1.29, 1.82) is 0 Å². The number of anilines is 1. The average Bonchev–Trinajstić information content (AvgIpc) is 2.29. The van der Waals surface area contributed by atoms with E-state index in [1.165, 1.54) is 0 Å². The molecule has 0 N–H and O–H groups in total. The van der Waals surface area contributed by atoms with Gasteiger partial charge in [-0.2, -0.15) is 0 Å². The van der Waals surface area contributed by atoms with Crippen LogP contribution in [0.25, 0.3) is 0 Å². The first-order valence-electron chi connectivity index (χ1n) is 5.01. The van der Waals surface area contributed by atoms with Crippen molar-refractivity contribution in [3.63, 3.8) is 0 Å². The Labute approximate surface area is 101 Å². The zero-order chi connectivity index (χ0) is 12.0. The Balaban J connectivity index is 2.61. The summed E-state index contributed by atoms with van der Waals surface area (Å²) in [6, 6.07) is 3.79. The van der Waals surface area contributed by atoms with Crippen LogP contribution in [0.4, 0.5) is 5.69 Å². The Hall–Kier alpha value is -1.00. The van der Waals surface area contributed by atoms with Crippen LogP contribution in [0.3, 0.4) is 0 Å². The fourth-order valence-corrected chi connectivity index (χ4v) is 1.72. The van der Waals surface area contributed by atoms with Crippen LogP contribution in [0.5, 0.6) is 5.88 Å². The monoisotopic (exact) mass is 244 g/mol. The molecule has 0 bridgehead atoms. The first kappa shape index (κ1) is 13.1. The number of rotatable bonds is 6. The summed E-state index contributed by atoms with van der Waals surface area (Å²) in [6.45, 7) is 1.25. The van der Waals surface area contributed by atoms with Crippen LogP contribution in [0.15, 0.2) is 18.3 Å². The molecule has 16 heavy (non-hydrogen) atoms. The topological polar surface area (TPSA) is 34.6 Å². The van der Waals surface area contributed by atoms with E-state index in [1.54, 1.807) is 20.4 Å². The van der Waals surface area contributed by atoms with E-state index in [0.29, 0.717) is 19.0 Å². The number of halogens is 1. The van der Waals surface area contributed by atoms with Gasteiger partial charge in [0.2, 0.25) is 5.88 Å². The molecule has 0 saturated heterocycles. The maximum Gasteiger partial charge on any atom is 0.214 e. The molecule has 1 aromatic rings. The largest absolute Gasteiger partial charge is 0.481 e. The van der Waals surface area contributed by atoms with E-state index in [2.05, 4.69) is 4.98 Å². The minimum Gasteiger partial charge on any atom is -0.481 e. The van der Waals surface area contributed by atoms with Gasteiger partial charge in [-0.1, -0.05) is 0 Å². The normalized spacial score (nSPS) is 12.2. The molecule has 1 aromatic heterocycles. The van der Waals surface area contributed by atoms with Crippen LogP contribution in [0.2, 0.25) is 0 Å². The Bertz CT molecular complexity index is 323. The van der Waals surface area contributed by atoms with Gasteiger partial charge in [-0.05, 0) is 6.07 Å². The van der Waals surface area contributed by atoms with Crippen molar-refractivity contribution in [2.24, 2.45) is 0 Å². The fourth-order valence-electron chi connectivity index (χ4n) is 1.38. The second kappa shape index (κ2) is 6.55. The molecule has 0 aliphatic heterocycles. The number of aromatic nitrogens is 1. The molecule has 1 heterocycles. The van der Waals surface area contributed by atoms with Gasteiger partial charge in [0, 0.05) is 38.7 Å². The van der Waals surface area contributed by atoms with E-state index in [9.17, 15) is 0 Å². The molecule has 1 unspecified atom stereocenters. The Kier molecular flexibility index (Phi) is 5.35. The van der Waals surface area contributed by atoms with Crippen LogP contribution in [0.1, 0.15) is 0 Å². The smallest absolute Gasteiger partial charge is 0.214 e. The summed E-state index contributed by atoms with van der Waals surface area (Å²) in [5, 5.41) is -0.0332. The lowest BCUT2D eigenvalue weighted by molar-refractivity contribution is 0.199. The summed E-state index contributed by atoms with van der Waals surface area (Å²) in [5.41, 5.74) is 1.02. The van der Waals surface area contributed by atoms with Crippen molar-refractivity contribution in [3.05, 3.63) is 18.3 Å². The van der Waals surface area contributed by atoms with Crippen molar-refractivity contribution in [2.45, 2.75) is 5.38 Å². The van der Waals surface area contributed by atoms with Gasteiger partial charge in [0.25, 0.3) is 0 Å². The van der Waals surface area contributed by atoms with Gasteiger partial charge in [0.15, 0.2) is 0 Å². The van der Waals surface area contributed by atoms with Crippen molar-refractivity contribution in [2.75, 3.05) is 39.3 Å². The molecule has 0 spiro atoms. The summed E-state index contributed by atoms with van der Waals surface area (Å²) in [7, 11) is 5.21. The van der Waals surface area contributed by atoms with Gasteiger partial charge in [-0.15, -0.1) is 11.6 Å². The maximum atomic E-state index is 6.09. The van der Waals surface area contributed by atoms with Crippen LogP contribution in [-0.2, 0) is 4.74 Å². The molecule has 1 rings (SSSR count). The van der Waals surface area contributed by atoms with Gasteiger partial charge in [-0.3, -0.25) is 0 Å². The maximum absolute atomic E-state index is 6.09. The van der Waals surface area contributed by atoms with E-state index in [0.717, 1.165) is 5.69 Å². The number of alkyl halides is 1. The molecule has 1 atom stereocenters. The minimum absolute atomic E-state index is 0.0332. The molecule has 0 amide bonds. The lowest BCUT2D eigenvalue weighted by atomic mass is 10.3. The molecule has 90 valence electrons. The van der Waals surface area contributed by atoms with E-state index in [4.69, 9.17) is 21.1 Å².